The highest BCUT2D eigenvalue weighted by Gasteiger charge is 2.30. The summed E-state index contributed by atoms with van der Waals surface area (Å²) < 4.78 is 26.1. The summed E-state index contributed by atoms with van der Waals surface area (Å²) in [7, 11) is -3.06. The monoisotopic (exact) mass is 312 g/mol. The number of halogens is 1. The number of hydrogen-bond donors (Lipinski definition) is 1. The standard InChI is InChI=1S/C13H28N2O2S.ClH/c1-4-5-11(2)10-18(16,17)15-8-6-13(7-9-15)12(3)14;/h11-13H,4-10,14H2,1-3H3;1H. The van der Waals surface area contributed by atoms with Crippen molar-refractivity contribution in [1.82, 2.24) is 4.31 Å². The fourth-order valence-electron chi connectivity index (χ4n) is 2.72. The predicted molar refractivity (Wildman–Crippen MR) is 83.1 cm³/mol. The van der Waals surface area contributed by atoms with Crippen LogP contribution in [0, 0.1) is 11.8 Å². The molecule has 0 aromatic carbocycles. The van der Waals surface area contributed by atoms with Crippen LogP contribution in [0.25, 0.3) is 0 Å². The maximum atomic E-state index is 12.2. The Kier molecular flexibility index (Phi) is 8.52. The SMILES string of the molecule is CCCC(C)CS(=O)(=O)N1CCC(C(C)N)CC1.Cl. The Labute approximate surface area is 124 Å². The van der Waals surface area contributed by atoms with Gasteiger partial charge in [-0.2, -0.15) is 0 Å². The van der Waals surface area contributed by atoms with Gasteiger partial charge in [0, 0.05) is 19.1 Å². The van der Waals surface area contributed by atoms with E-state index in [9.17, 15) is 8.42 Å². The predicted octanol–water partition coefficient (Wildman–Crippen LogP) is 2.23. The minimum absolute atomic E-state index is 0. The summed E-state index contributed by atoms with van der Waals surface area (Å²) in [4.78, 5) is 0. The third kappa shape index (κ3) is 5.98. The molecule has 6 heteroatoms. The first-order chi connectivity index (χ1) is 8.36. The average Bonchev–Trinajstić information content (AvgIpc) is 2.28. The van der Waals surface area contributed by atoms with Crippen molar-refractivity contribution in [2.45, 2.75) is 52.5 Å². The summed E-state index contributed by atoms with van der Waals surface area (Å²) in [5, 5.41) is 0. The van der Waals surface area contributed by atoms with Crippen LogP contribution >= 0.6 is 12.4 Å². The molecule has 0 bridgehead atoms. The van der Waals surface area contributed by atoms with Gasteiger partial charge in [0.05, 0.1) is 5.75 Å². The van der Waals surface area contributed by atoms with Gasteiger partial charge in [0.25, 0.3) is 0 Å². The van der Waals surface area contributed by atoms with Crippen molar-refractivity contribution in [3.8, 4) is 0 Å². The maximum absolute atomic E-state index is 12.2. The van der Waals surface area contributed by atoms with Gasteiger partial charge in [-0.1, -0.05) is 20.3 Å². The highest BCUT2D eigenvalue weighted by Crippen LogP contribution is 2.23. The van der Waals surface area contributed by atoms with Gasteiger partial charge in [0.2, 0.25) is 10.0 Å². The average molecular weight is 313 g/mol. The van der Waals surface area contributed by atoms with E-state index in [1.54, 1.807) is 4.31 Å². The van der Waals surface area contributed by atoms with Crippen LogP contribution in [0.1, 0.15) is 46.5 Å². The quantitative estimate of drug-likeness (QED) is 0.818. The summed E-state index contributed by atoms with van der Waals surface area (Å²) in [6, 6.07) is 0.175. The highest BCUT2D eigenvalue weighted by atomic mass is 35.5. The van der Waals surface area contributed by atoms with Crippen LogP contribution in [-0.2, 0) is 10.0 Å². The van der Waals surface area contributed by atoms with Gasteiger partial charge in [-0.05, 0) is 38.0 Å². The molecule has 2 unspecified atom stereocenters. The molecule has 1 fully saturated rings. The highest BCUT2D eigenvalue weighted by molar-refractivity contribution is 7.89. The van der Waals surface area contributed by atoms with Crippen LogP contribution in [-0.4, -0.2) is 37.6 Å². The molecule has 0 aromatic heterocycles. The summed E-state index contributed by atoms with van der Waals surface area (Å²) in [5.41, 5.74) is 5.87. The Morgan fingerprint density at radius 2 is 1.79 bits per heavy atom. The van der Waals surface area contributed by atoms with Crippen LogP contribution < -0.4 is 5.73 Å². The zero-order valence-electron chi connectivity index (χ0n) is 12.3. The topological polar surface area (TPSA) is 63.4 Å². The van der Waals surface area contributed by atoms with Crippen molar-refractivity contribution < 1.29 is 8.42 Å². The number of rotatable bonds is 6. The molecule has 0 aromatic rings. The number of sulfonamides is 1. The van der Waals surface area contributed by atoms with Gasteiger partial charge in [0.15, 0.2) is 0 Å². The molecule has 2 atom stereocenters. The fraction of sp³-hybridized carbons (Fsp3) is 1.00. The van der Waals surface area contributed by atoms with Gasteiger partial charge >= 0.3 is 0 Å². The molecule has 0 amide bonds. The van der Waals surface area contributed by atoms with E-state index in [2.05, 4.69) is 6.92 Å². The van der Waals surface area contributed by atoms with Crippen molar-refractivity contribution in [2.75, 3.05) is 18.8 Å². The Hall–Kier alpha value is 0.160. The van der Waals surface area contributed by atoms with Crippen LogP contribution in [0.15, 0.2) is 0 Å². The second-order valence-corrected chi connectivity index (χ2v) is 7.78. The van der Waals surface area contributed by atoms with Crippen LogP contribution in [0.4, 0.5) is 0 Å². The smallest absolute Gasteiger partial charge is 0.214 e. The Bertz CT molecular complexity index is 339. The van der Waals surface area contributed by atoms with Gasteiger partial charge < -0.3 is 5.73 Å². The Morgan fingerprint density at radius 3 is 2.21 bits per heavy atom. The Balaban J connectivity index is 0.00000324. The van der Waals surface area contributed by atoms with Crippen molar-refractivity contribution in [3.63, 3.8) is 0 Å². The largest absolute Gasteiger partial charge is 0.328 e. The summed E-state index contributed by atoms with van der Waals surface area (Å²) in [5.74, 6) is 1.03. The first-order valence-electron chi connectivity index (χ1n) is 7.10. The van der Waals surface area contributed by atoms with Gasteiger partial charge in [-0.15, -0.1) is 12.4 Å². The van der Waals surface area contributed by atoms with Crippen molar-refractivity contribution >= 4 is 22.4 Å². The number of hydrogen-bond acceptors (Lipinski definition) is 3. The van der Waals surface area contributed by atoms with Crippen LogP contribution in [0.3, 0.4) is 0 Å². The molecule has 0 spiro atoms. The number of piperidine rings is 1. The van der Waals surface area contributed by atoms with Crippen LogP contribution in [0.2, 0.25) is 0 Å². The minimum atomic E-state index is -3.06. The van der Waals surface area contributed by atoms with E-state index in [4.69, 9.17) is 5.73 Å². The molecule has 0 radical (unpaired) electrons. The molecule has 2 N–H and O–H groups in total. The third-order valence-corrected chi connectivity index (χ3v) is 6.05. The van der Waals surface area contributed by atoms with Gasteiger partial charge in [-0.25, -0.2) is 12.7 Å². The second-order valence-electron chi connectivity index (χ2n) is 5.77. The van der Waals surface area contributed by atoms with E-state index in [0.717, 1.165) is 25.7 Å². The lowest BCUT2D eigenvalue weighted by Crippen LogP contribution is -2.44. The van der Waals surface area contributed by atoms with Crippen molar-refractivity contribution in [2.24, 2.45) is 17.6 Å². The summed E-state index contributed by atoms with van der Waals surface area (Å²) in [6.45, 7) is 7.42. The second kappa shape index (κ2) is 8.45. The maximum Gasteiger partial charge on any atom is 0.214 e. The van der Waals surface area contributed by atoms with Gasteiger partial charge in [-0.3, -0.25) is 0 Å². The van der Waals surface area contributed by atoms with E-state index in [0.29, 0.717) is 24.8 Å². The van der Waals surface area contributed by atoms with E-state index in [1.807, 2.05) is 13.8 Å². The molecule has 1 heterocycles. The molecule has 1 aliphatic heterocycles. The van der Waals surface area contributed by atoms with E-state index in [1.165, 1.54) is 0 Å². The molecule has 4 nitrogen and oxygen atoms in total. The zero-order chi connectivity index (χ0) is 13.8. The number of nitrogens with two attached hydrogens (primary N) is 1. The lowest BCUT2D eigenvalue weighted by Gasteiger charge is -2.33. The van der Waals surface area contributed by atoms with E-state index < -0.39 is 10.0 Å². The minimum Gasteiger partial charge on any atom is -0.328 e. The van der Waals surface area contributed by atoms with E-state index >= 15 is 0 Å². The van der Waals surface area contributed by atoms with Crippen molar-refractivity contribution in [3.05, 3.63) is 0 Å². The van der Waals surface area contributed by atoms with E-state index in [-0.39, 0.29) is 24.4 Å². The van der Waals surface area contributed by atoms with Crippen molar-refractivity contribution in [1.29, 1.82) is 0 Å². The molecular weight excluding hydrogens is 284 g/mol. The lowest BCUT2D eigenvalue weighted by molar-refractivity contribution is 0.250. The third-order valence-electron chi connectivity index (χ3n) is 3.91. The molecular formula is C13H29ClN2O2S. The summed E-state index contributed by atoms with van der Waals surface area (Å²) >= 11 is 0. The first kappa shape index (κ1) is 19.2. The van der Waals surface area contributed by atoms with Gasteiger partial charge in [0.1, 0.15) is 0 Å². The first-order valence-corrected chi connectivity index (χ1v) is 8.71. The number of nitrogens with zero attached hydrogens (tertiary/aromatic N) is 1. The zero-order valence-corrected chi connectivity index (χ0v) is 14.0. The molecule has 116 valence electrons. The molecule has 1 aliphatic rings. The molecule has 0 saturated carbocycles. The molecule has 19 heavy (non-hydrogen) atoms. The fourth-order valence-corrected chi connectivity index (χ4v) is 4.58. The lowest BCUT2D eigenvalue weighted by atomic mass is 9.92. The normalized spacial score (nSPS) is 21.7. The molecule has 0 aliphatic carbocycles. The molecule has 1 rings (SSSR count). The Morgan fingerprint density at radius 1 is 1.26 bits per heavy atom. The molecule has 1 saturated heterocycles. The summed E-state index contributed by atoms with van der Waals surface area (Å²) in [6.07, 6.45) is 3.83. The van der Waals surface area contributed by atoms with Crippen LogP contribution in [0.5, 0.6) is 0 Å².